The summed E-state index contributed by atoms with van der Waals surface area (Å²) in [5, 5.41) is 0. The fraction of sp³-hybridized carbons (Fsp3) is 0.600. The van der Waals surface area contributed by atoms with Crippen molar-refractivity contribution in [2.24, 2.45) is 5.73 Å². The van der Waals surface area contributed by atoms with E-state index in [0.29, 0.717) is 0 Å². The molecule has 1 rings (SSSR count). The van der Waals surface area contributed by atoms with E-state index in [1.165, 1.54) is 11.3 Å². The number of benzene rings is 1. The maximum atomic E-state index is 5.82. The Labute approximate surface area is 125 Å². The van der Waals surface area contributed by atoms with Gasteiger partial charge in [-0.25, -0.2) is 0 Å². The number of anilines is 1. The Morgan fingerprint density at radius 2 is 2.00 bits per heavy atom. The molecule has 1 aromatic rings. The zero-order valence-electron chi connectivity index (χ0n) is 12.3. The molecule has 0 spiro atoms. The summed E-state index contributed by atoms with van der Waals surface area (Å²) >= 11 is 3.64. The Morgan fingerprint density at radius 1 is 1.32 bits per heavy atom. The van der Waals surface area contributed by atoms with Crippen LogP contribution in [0.1, 0.15) is 26.3 Å². The van der Waals surface area contributed by atoms with Gasteiger partial charge in [0.05, 0.1) is 18.4 Å². The lowest BCUT2D eigenvalue weighted by molar-refractivity contribution is 0.0846. The highest BCUT2D eigenvalue weighted by molar-refractivity contribution is 9.10. The van der Waals surface area contributed by atoms with Gasteiger partial charge in [0.2, 0.25) is 0 Å². The minimum atomic E-state index is 0.190. The summed E-state index contributed by atoms with van der Waals surface area (Å²) in [7, 11) is 2.08. The maximum Gasteiger partial charge on any atom is 0.0644 e. The van der Waals surface area contributed by atoms with E-state index in [1.807, 2.05) is 6.92 Å². The van der Waals surface area contributed by atoms with Gasteiger partial charge in [-0.05, 0) is 60.8 Å². The molecule has 0 radical (unpaired) electrons. The van der Waals surface area contributed by atoms with Crippen molar-refractivity contribution in [3.05, 3.63) is 28.2 Å². The van der Waals surface area contributed by atoms with Crippen molar-refractivity contribution in [1.82, 2.24) is 0 Å². The molecule has 0 bridgehead atoms. The highest BCUT2D eigenvalue weighted by Gasteiger charge is 2.08. The lowest BCUT2D eigenvalue weighted by Gasteiger charge is -2.22. The molecule has 2 N–H and O–H groups in total. The lowest BCUT2D eigenvalue weighted by atomic mass is 10.1. The number of hydrogen-bond donors (Lipinski definition) is 1. The van der Waals surface area contributed by atoms with Crippen molar-refractivity contribution in [3.8, 4) is 0 Å². The van der Waals surface area contributed by atoms with Gasteiger partial charge in [-0.2, -0.15) is 0 Å². The summed E-state index contributed by atoms with van der Waals surface area (Å²) < 4.78 is 6.69. The number of nitrogens with two attached hydrogens (primary N) is 1. The molecule has 0 aromatic heterocycles. The van der Waals surface area contributed by atoms with Crippen LogP contribution in [0.15, 0.2) is 22.7 Å². The topological polar surface area (TPSA) is 38.5 Å². The number of halogens is 1. The van der Waals surface area contributed by atoms with E-state index in [-0.39, 0.29) is 12.1 Å². The van der Waals surface area contributed by atoms with Crippen LogP contribution in [-0.2, 0) is 11.2 Å². The monoisotopic (exact) mass is 328 g/mol. The first-order valence-corrected chi connectivity index (χ1v) is 7.56. The first kappa shape index (κ1) is 16.5. The highest BCUT2D eigenvalue weighted by Crippen LogP contribution is 2.26. The van der Waals surface area contributed by atoms with Crippen molar-refractivity contribution >= 4 is 21.6 Å². The minimum absolute atomic E-state index is 0.190. The summed E-state index contributed by atoms with van der Waals surface area (Å²) in [4.78, 5) is 2.20. The van der Waals surface area contributed by atoms with Crippen LogP contribution in [0, 0.1) is 0 Å². The van der Waals surface area contributed by atoms with Gasteiger partial charge in [0.1, 0.15) is 0 Å². The van der Waals surface area contributed by atoms with Crippen LogP contribution in [0.3, 0.4) is 0 Å². The number of hydrogen-bond acceptors (Lipinski definition) is 3. The van der Waals surface area contributed by atoms with Crippen LogP contribution in [-0.4, -0.2) is 32.3 Å². The first-order valence-electron chi connectivity index (χ1n) is 6.77. The predicted octanol–water partition coefficient (Wildman–Crippen LogP) is 3.20. The quantitative estimate of drug-likeness (QED) is 0.835. The third-order valence-electron chi connectivity index (χ3n) is 2.86. The molecule has 0 saturated heterocycles. The molecule has 3 nitrogen and oxygen atoms in total. The van der Waals surface area contributed by atoms with Crippen LogP contribution < -0.4 is 10.6 Å². The predicted molar refractivity (Wildman–Crippen MR) is 85.9 cm³/mol. The maximum absolute atomic E-state index is 5.82. The van der Waals surface area contributed by atoms with Gasteiger partial charge in [0.15, 0.2) is 0 Å². The largest absolute Gasteiger partial charge is 0.377 e. The normalized spacial score (nSPS) is 12.8. The molecule has 0 fully saturated rings. The van der Waals surface area contributed by atoms with Crippen molar-refractivity contribution < 1.29 is 4.74 Å². The van der Waals surface area contributed by atoms with Gasteiger partial charge >= 0.3 is 0 Å². The Hall–Kier alpha value is -0.580. The molecule has 0 aliphatic heterocycles. The third-order valence-corrected chi connectivity index (χ3v) is 3.49. The molecule has 0 saturated carbocycles. The number of rotatable bonds is 7. The Balaban J connectivity index is 2.62. The highest BCUT2D eigenvalue weighted by atomic mass is 79.9. The molecule has 0 aliphatic carbocycles. The summed E-state index contributed by atoms with van der Waals surface area (Å²) in [6.07, 6.45) is 1.18. The molecule has 1 unspecified atom stereocenters. The van der Waals surface area contributed by atoms with E-state index in [2.05, 4.69) is 59.9 Å². The van der Waals surface area contributed by atoms with E-state index in [4.69, 9.17) is 10.5 Å². The Kier molecular flexibility index (Phi) is 6.83. The number of likely N-dealkylation sites (N-methyl/N-ethyl adjacent to an activating group) is 1. The average Bonchev–Trinajstić information content (AvgIpc) is 2.27. The molecule has 108 valence electrons. The van der Waals surface area contributed by atoms with E-state index < -0.39 is 0 Å². The molecular formula is C15H25BrN2O. The fourth-order valence-corrected chi connectivity index (χ4v) is 2.63. The number of ether oxygens (including phenoxy) is 1. The summed E-state index contributed by atoms with van der Waals surface area (Å²) in [6.45, 7) is 7.75. The van der Waals surface area contributed by atoms with Crippen molar-refractivity contribution in [3.63, 3.8) is 0 Å². The minimum Gasteiger partial charge on any atom is -0.377 e. The summed E-state index contributed by atoms with van der Waals surface area (Å²) in [5.41, 5.74) is 8.27. The van der Waals surface area contributed by atoms with Gasteiger partial charge in [0, 0.05) is 24.1 Å². The van der Waals surface area contributed by atoms with Gasteiger partial charge in [-0.3, -0.25) is 0 Å². The van der Waals surface area contributed by atoms with E-state index >= 15 is 0 Å². The fourth-order valence-electron chi connectivity index (χ4n) is 1.90. The average molecular weight is 329 g/mol. The standard InChI is InChI=1S/C15H25BrN2O/c1-11(2)19-8-7-18(4)15-6-5-13(9-12(3)17)10-14(15)16/h5-6,10-12H,7-9,17H2,1-4H3. The molecular weight excluding hydrogens is 304 g/mol. The molecule has 4 heteroatoms. The van der Waals surface area contributed by atoms with Gasteiger partial charge < -0.3 is 15.4 Å². The van der Waals surface area contributed by atoms with Crippen LogP contribution >= 0.6 is 15.9 Å². The van der Waals surface area contributed by atoms with Crippen molar-refractivity contribution in [2.75, 3.05) is 25.1 Å². The lowest BCUT2D eigenvalue weighted by Crippen LogP contribution is -2.24. The van der Waals surface area contributed by atoms with Crippen LogP contribution in [0.2, 0.25) is 0 Å². The molecule has 0 heterocycles. The SMILES string of the molecule is CC(N)Cc1ccc(N(C)CCOC(C)C)c(Br)c1. The van der Waals surface area contributed by atoms with Crippen LogP contribution in [0.25, 0.3) is 0 Å². The van der Waals surface area contributed by atoms with E-state index in [1.54, 1.807) is 0 Å². The second-order valence-electron chi connectivity index (χ2n) is 5.31. The summed E-state index contributed by atoms with van der Waals surface area (Å²) in [5.74, 6) is 0. The van der Waals surface area contributed by atoms with Crippen molar-refractivity contribution in [2.45, 2.75) is 39.3 Å². The van der Waals surface area contributed by atoms with Crippen molar-refractivity contribution in [1.29, 1.82) is 0 Å². The van der Waals surface area contributed by atoms with E-state index in [9.17, 15) is 0 Å². The van der Waals surface area contributed by atoms with Crippen LogP contribution in [0.5, 0.6) is 0 Å². The first-order chi connectivity index (χ1) is 8.90. The zero-order valence-corrected chi connectivity index (χ0v) is 13.9. The molecule has 19 heavy (non-hydrogen) atoms. The third kappa shape index (κ3) is 5.93. The molecule has 1 atom stereocenters. The van der Waals surface area contributed by atoms with E-state index in [0.717, 1.165) is 24.0 Å². The molecule has 0 aliphatic rings. The smallest absolute Gasteiger partial charge is 0.0644 e. The number of nitrogens with zero attached hydrogens (tertiary/aromatic N) is 1. The van der Waals surface area contributed by atoms with Gasteiger partial charge in [-0.15, -0.1) is 0 Å². The zero-order chi connectivity index (χ0) is 14.4. The Bertz CT molecular complexity index is 394. The van der Waals surface area contributed by atoms with Gasteiger partial charge in [-0.1, -0.05) is 6.07 Å². The molecule has 1 aromatic carbocycles. The second kappa shape index (κ2) is 7.88. The van der Waals surface area contributed by atoms with Gasteiger partial charge in [0.25, 0.3) is 0 Å². The second-order valence-corrected chi connectivity index (χ2v) is 6.16. The van der Waals surface area contributed by atoms with Crippen LogP contribution in [0.4, 0.5) is 5.69 Å². The summed E-state index contributed by atoms with van der Waals surface area (Å²) in [6, 6.07) is 6.62. The molecule has 0 amide bonds. The Morgan fingerprint density at radius 3 is 2.53 bits per heavy atom.